The number of rotatable bonds is 4. The smallest absolute Gasteiger partial charge is 0.183 e. The summed E-state index contributed by atoms with van der Waals surface area (Å²) in [7, 11) is 0. The molecule has 152 valence electrons. The molecular formula is C23H19FN2O3S. The molecule has 4 aromatic rings. The number of aromatic nitrogens is 2. The van der Waals surface area contributed by atoms with Gasteiger partial charge in [0.05, 0.1) is 18.9 Å². The summed E-state index contributed by atoms with van der Waals surface area (Å²) in [4.78, 5) is 9.75. The second-order valence-electron chi connectivity index (χ2n) is 7.06. The number of ether oxygens (including phenoxy) is 2. The van der Waals surface area contributed by atoms with Gasteiger partial charge in [-0.05, 0) is 36.2 Å². The molecule has 5 rings (SSSR count). The molecule has 0 spiro atoms. The number of aliphatic hydroxyl groups excluding tert-OH is 1. The number of halogens is 1. The number of aliphatic hydroxyl groups is 1. The quantitative estimate of drug-likeness (QED) is 0.501. The number of nitrogens with zero attached hydrogens (tertiary/aromatic N) is 2. The highest BCUT2D eigenvalue weighted by atomic mass is 32.1. The van der Waals surface area contributed by atoms with Gasteiger partial charge in [-0.1, -0.05) is 47.7 Å². The second kappa shape index (κ2) is 8.20. The van der Waals surface area contributed by atoms with Crippen molar-refractivity contribution in [3.63, 3.8) is 0 Å². The van der Waals surface area contributed by atoms with Gasteiger partial charge >= 0.3 is 0 Å². The SMILES string of the molecule is OC(c1ccccc1)c1ccc2nc(-c3ccc(C4OCCCO4)cc3F)sc2n1. The Balaban J connectivity index is 1.45. The van der Waals surface area contributed by atoms with Crippen LogP contribution in [0.1, 0.15) is 35.6 Å². The van der Waals surface area contributed by atoms with E-state index in [0.29, 0.717) is 45.4 Å². The first kappa shape index (κ1) is 19.3. The van der Waals surface area contributed by atoms with E-state index >= 15 is 0 Å². The molecule has 1 fully saturated rings. The zero-order valence-electron chi connectivity index (χ0n) is 16.0. The average molecular weight is 422 g/mol. The number of thiazole rings is 1. The summed E-state index contributed by atoms with van der Waals surface area (Å²) in [6.07, 6.45) is -0.509. The number of fused-ring (bicyclic) bond motifs is 1. The van der Waals surface area contributed by atoms with E-state index in [1.54, 1.807) is 24.3 Å². The van der Waals surface area contributed by atoms with E-state index in [1.165, 1.54) is 17.4 Å². The molecule has 0 bridgehead atoms. The standard InChI is InChI=1S/C23H19FN2O3S/c24-17-13-15(23-28-11-4-12-29-23)7-8-16(17)21-26-19-10-9-18(25-22(19)30-21)20(27)14-5-2-1-3-6-14/h1-3,5-10,13,20,23,27H,4,11-12H2. The Morgan fingerprint density at radius 2 is 1.80 bits per heavy atom. The van der Waals surface area contributed by atoms with Gasteiger partial charge in [-0.25, -0.2) is 14.4 Å². The normalized spacial score (nSPS) is 16.1. The minimum absolute atomic E-state index is 0.381. The monoisotopic (exact) mass is 422 g/mol. The number of hydrogen-bond acceptors (Lipinski definition) is 6. The molecule has 1 atom stereocenters. The molecule has 1 N–H and O–H groups in total. The molecule has 3 heterocycles. The Morgan fingerprint density at radius 1 is 1.00 bits per heavy atom. The topological polar surface area (TPSA) is 64.5 Å². The Bertz CT molecular complexity index is 1180. The number of hydrogen-bond donors (Lipinski definition) is 1. The molecule has 1 unspecified atom stereocenters. The van der Waals surface area contributed by atoms with Crippen molar-refractivity contribution < 1.29 is 19.0 Å². The Hall–Kier alpha value is -2.71. The average Bonchev–Trinajstić information content (AvgIpc) is 3.22. The van der Waals surface area contributed by atoms with E-state index in [2.05, 4.69) is 9.97 Å². The molecule has 1 aliphatic rings. The van der Waals surface area contributed by atoms with Crippen LogP contribution in [0.2, 0.25) is 0 Å². The van der Waals surface area contributed by atoms with E-state index in [0.717, 1.165) is 12.0 Å². The Labute approximate surface area is 176 Å². The lowest BCUT2D eigenvalue weighted by Gasteiger charge is -2.23. The van der Waals surface area contributed by atoms with E-state index < -0.39 is 12.4 Å². The van der Waals surface area contributed by atoms with Crippen LogP contribution in [-0.2, 0) is 9.47 Å². The van der Waals surface area contributed by atoms with Crippen molar-refractivity contribution >= 4 is 21.7 Å². The highest BCUT2D eigenvalue weighted by molar-refractivity contribution is 7.21. The van der Waals surface area contributed by atoms with Crippen molar-refractivity contribution in [3.8, 4) is 10.6 Å². The summed E-state index contributed by atoms with van der Waals surface area (Å²) in [5.41, 5.74) is 3.03. The third kappa shape index (κ3) is 3.73. The van der Waals surface area contributed by atoms with Crippen LogP contribution in [0.25, 0.3) is 20.9 Å². The van der Waals surface area contributed by atoms with Crippen molar-refractivity contribution in [1.29, 1.82) is 0 Å². The van der Waals surface area contributed by atoms with Gasteiger partial charge in [0.15, 0.2) is 6.29 Å². The summed E-state index contributed by atoms with van der Waals surface area (Å²) >= 11 is 1.30. The molecule has 2 aromatic carbocycles. The molecule has 5 nitrogen and oxygen atoms in total. The van der Waals surface area contributed by atoms with Crippen molar-refractivity contribution in [3.05, 3.63) is 83.3 Å². The maximum absolute atomic E-state index is 14.8. The van der Waals surface area contributed by atoms with Crippen LogP contribution in [0.3, 0.4) is 0 Å². The van der Waals surface area contributed by atoms with E-state index in [9.17, 15) is 9.50 Å². The van der Waals surface area contributed by atoms with Gasteiger partial charge in [-0.3, -0.25) is 0 Å². The molecule has 0 radical (unpaired) electrons. The zero-order valence-corrected chi connectivity index (χ0v) is 16.8. The fourth-order valence-electron chi connectivity index (χ4n) is 3.44. The van der Waals surface area contributed by atoms with Gasteiger partial charge in [0.1, 0.15) is 27.3 Å². The minimum Gasteiger partial charge on any atom is -0.382 e. The van der Waals surface area contributed by atoms with Gasteiger partial charge < -0.3 is 14.6 Å². The highest BCUT2D eigenvalue weighted by Crippen LogP contribution is 2.34. The van der Waals surface area contributed by atoms with Crippen LogP contribution in [0, 0.1) is 5.82 Å². The molecular weight excluding hydrogens is 403 g/mol. The summed E-state index contributed by atoms with van der Waals surface area (Å²) < 4.78 is 25.9. The molecule has 0 saturated carbocycles. The van der Waals surface area contributed by atoms with E-state index in [4.69, 9.17) is 9.47 Å². The van der Waals surface area contributed by atoms with E-state index in [-0.39, 0.29) is 5.82 Å². The first-order valence-corrected chi connectivity index (χ1v) is 10.5. The lowest BCUT2D eigenvalue weighted by molar-refractivity contribution is -0.183. The lowest BCUT2D eigenvalue weighted by atomic mass is 10.1. The van der Waals surface area contributed by atoms with Crippen LogP contribution < -0.4 is 0 Å². The van der Waals surface area contributed by atoms with Crippen LogP contribution in [0.15, 0.2) is 60.7 Å². The second-order valence-corrected chi connectivity index (χ2v) is 8.04. The summed E-state index contributed by atoms with van der Waals surface area (Å²) in [6.45, 7) is 1.21. The fourth-order valence-corrected chi connectivity index (χ4v) is 4.41. The van der Waals surface area contributed by atoms with Crippen LogP contribution in [0.5, 0.6) is 0 Å². The molecule has 0 aliphatic carbocycles. The summed E-state index contributed by atoms with van der Waals surface area (Å²) in [6, 6.07) is 17.8. The maximum Gasteiger partial charge on any atom is 0.183 e. The molecule has 1 aliphatic heterocycles. The molecule has 7 heteroatoms. The minimum atomic E-state index is -0.826. The van der Waals surface area contributed by atoms with Gasteiger partial charge in [0.25, 0.3) is 0 Å². The molecule has 0 amide bonds. The first-order chi connectivity index (χ1) is 14.7. The van der Waals surface area contributed by atoms with Gasteiger partial charge in [0.2, 0.25) is 0 Å². The van der Waals surface area contributed by atoms with Crippen molar-refractivity contribution in [1.82, 2.24) is 9.97 Å². The number of benzene rings is 2. The highest BCUT2D eigenvalue weighted by Gasteiger charge is 2.20. The van der Waals surface area contributed by atoms with Crippen LogP contribution in [0.4, 0.5) is 4.39 Å². The maximum atomic E-state index is 14.8. The van der Waals surface area contributed by atoms with Crippen LogP contribution >= 0.6 is 11.3 Å². The Kier molecular flexibility index (Phi) is 5.26. The van der Waals surface area contributed by atoms with Gasteiger partial charge in [-0.2, -0.15) is 0 Å². The Morgan fingerprint density at radius 3 is 2.57 bits per heavy atom. The van der Waals surface area contributed by atoms with Crippen molar-refractivity contribution in [2.45, 2.75) is 18.8 Å². The zero-order chi connectivity index (χ0) is 20.5. The van der Waals surface area contributed by atoms with E-state index in [1.807, 2.05) is 30.3 Å². The summed E-state index contributed by atoms with van der Waals surface area (Å²) in [5, 5.41) is 11.2. The van der Waals surface area contributed by atoms with Gasteiger partial charge in [0, 0.05) is 11.1 Å². The predicted molar refractivity (Wildman–Crippen MR) is 113 cm³/mol. The lowest BCUT2D eigenvalue weighted by Crippen LogP contribution is -2.17. The molecule has 1 saturated heterocycles. The van der Waals surface area contributed by atoms with Crippen molar-refractivity contribution in [2.24, 2.45) is 0 Å². The number of pyridine rings is 1. The van der Waals surface area contributed by atoms with Gasteiger partial charge in [-0.15, -0.1) is 0 Å². The third-order valence-electron chi connectivity index (χ3n) is 5.00. The summed E-state index contributed by atoms with van der Waals surface area (Å²) in [5.74, 6) is -0.381. The molecule has 2 aromatic heterocycles. The predicted octanol–water partition coefficient (Wildman–Crippen LogP) is 5.01. The molecule has 30 heavy (non-hydrogen) atoms. The van der Waals surface area contributed by atoms with Crippen molar-refractivity contribution in [2.75, 3.05) is 13.2 Å². The first-order valence-electron chi connectivity index (χ1n) is 9.72. The largest absolute Gasteiger partial charge is 0.382 e. The fraction of sp³-hybridized carbons (Fsp3) is 0.217. The van der Waals surface area contributed by atoms with Crippen LogP contribution in [-0.4, -0.2) is 28.3 Å². The third-order valence-corrected chi connectivity index (χ3v) is 5.99.